The van der Waals surface area contributed by atoms with Gasteiger partial charge in [-0.25, -0.2) is 13.1 Å². The molecule has 6 heteroatoms. The van der Waals surface area contributed by atoms with Crippen molar-refractivity contribution >= 4 is 10.0 Å². The van der Waals surface area contributed by atoms with Gasteiger partial charge in [-0.15, -0.1) is 0 Å². The fourth-order valence-electron chi connectivity index (χ4n) is 1.66. The van der Waals surface area contributed by atoms with Crippen LogP contribution in [0.3, 0.4) is 0 Å². The lowest BCUT2D eigenvalue weighted by molar-refractivity contribution is 0.271. The van der Waals surface area contributed by atoms with E-state index in [-0.39, 0.29) is 11.5 Å². The number of nitrogens with one attached hydrogen (secondary N) is 1. The number of rotatable bonds is 7. The summed E-state index contributed by atoms with van der Waals surface area (Å²) in [4.78, 5) is 0.220. The summed E-state index contributed by atoms with van der Waals surface area (Å²) in [5.41, 5.74) is 0.613. The van der Waals surface area contributed by atoms with Crippen LogP contribution in [0, 0.1) is 5.92 Å². The van der Waals surface area contributed by atoms with Crippen LogP contribution in [0.25, 0.3) is 0 Å². The van der Waals surface area contributed by atoms with Gasteiger partial charge in [-0.1, -0.05) is 13.8 Å². The predicted octanol–water partition coefficient (Wildman–Crippen LogP) is 1.32. The predicted molar refractivity (Wildman–Crippen MR) is 70.7 cm³/mol. The summed E-state index contributed by atoms with van der Waals surface area (Å²) in [5.74, 6) is 0.459. The third-order valence-electron chi connectivity index (χ3n) is 2.79. The van der Waals surface area contributed by atoms with E-state index in [4.69, 9.17) is 5.11 Å². The molecule has 0 radical (unpaired) electrons. The Morgan fingerprint density at radius 2 is 2.11 bits per heavy atom. The van der Waals surface area contributed by atoms with Crippen LogP contribution < -0.4 is 4.72 Å². The summed E-state index contributed by atoms with van der Waals surface area (Å²) in [6, 6.07) is 1.52. The highest BCUT2D eigenvalue weighted by atomic mass is 32.2. The monoisotopic (exact) mass is 274 g/mol. The Labute approximate surface area is 109 Å². The van der Waals surface area contributed by atoms with Gasteiger partial charge in [0.25, 0.3) is 0 Å². The number of nitrogens with zero attached hydrogens (tertiary/aromatic N) is 1. The molecule has 0 bridgehead atoms. The number of aliphatic hydroxyl groups is 1. The lowest BCUT2D eigenvalue weighted by atomic mass is 10.1. The van der Waals surface area contributed by atoms with Crippen molar-refractivity contribution in [1.82, 2.24) is 9.29 Å². The number of aromatic nitrogens is 1. The van der Waals surface area contributed by atoms with E-state index in [0.29, 0.717) is 24.7 Å². The molecule has 0 aliphatic heterocycles. The number of hydrogen-bond donors (Lipinski definition) is 2. The second-order valence-corrected chi connectivity index (χ2v) is 6.46. The van der Waals surface area contributed by atoms with Gasteiger partial charge < -0.3 is 9.67 Å². The molecule has 0 amide bonds. The summed E-state index contributed by atoms with van der Waals surface area (Å²) in [6.07, 6.45) is 2.36. The molecule has 5 nitrogen and oxygen atoms in total. The van der Waals surface area contributed by atoms with Gasteiger partial charge in [-0.2, -0.15) is 0 Å². The molecule has 0 aliphatic rings. The molecule has 0 fully saturated rings. The molecule has 2 N–H and O–H groups in total. The molecule has 104 valence electrons. The number of aliphatic hydroxyl groups excluding tert-OH is 1. The van der Waals surface area contributed by atoms with Crippen molar-refractivity contribution in [1.29, 1.82) is 0 Å². The van der Waals surface area contributed by atoms with E-state index in [1.165, 1.54) is 6.07 Å². The number of sulfonamides is 1. The van der Waals surface area contributed by atoms with Crippen molar-refractivity contribution < 1.29 is 13.5 Å². The van der Waals surface area contributed by atoms with Crippen LogP contribution in [0.5, 0.6) is 0 Å². The maximum absolute atomic E-state index is 12.0. The zero-order chi connectivity index (χ0) is 13.8. The average Bonchev–Trinajstić information content (AvgIpc) is 2.71. The van der Waals surface area contributed by atoms with Crippen LogP contribution in [-0.2, 0) is 23.2 Å². The topological polar surface area (TPSA) is 71.3 Å². The van der Waals surface area contributed by atoms with Gasteiger partial charge in [0.2, 0.25) is 10.0 Å². The van der Waals surface area contributed by atoms with Gasteiger partial charge in [0.15, 0.2) is 0 Å². The highest BCUT2D eigenvalue weighted by molar-refractivity contribution is 7.89. The molecule has 1 heterocycles. The fraction of sp³-hybridized carbons (Fsp3) is 0.667. The van der Waals surface area contributed by atoms with E-state index in [9.17, 15) is 8.42 Å². The maximum atomic E-state index is 12.0. The largest absolute Gasteiger partial charge is 0.390 e. The van der Waals surface area contributed by atoms with Gasteiger partial charge in [0.05, 0.1) is 11.5 Å². The van der Waals surface area contributed by atoms with Gasteiger partial charge in [-0.3, -0.25) is 0 Å². The molecule has 0 spiro atoms. The van der Waals surface area contributed by atoms with Gasteiger partial charge in [-0.05, 0) is 25.3 Å². The minimum atomic E-state index is -3.46. The molecule has 18 heavy (non-hydrogen) atoms. The van der Waals surface area contributed by atoms with Crippen LogP contribution in [0.15, 0.2) is 17.2 Å². The third-order valence-corrected chi connectivity index (χ3v) is 4.22. The highest BCUT2D eigenvalue weighted by Gasteiger charge is 2.17. The first kappa shape index (κ1) is 15.2. The third kappa shape index (κ3) is 3.83. The van der Waals surface area contributed by atoms with E-state index in [2.05, 4.69) is 4.72 Å². The SMILES string of the molecule is CCn1cc(S(=O)(=O)NCCC(C)C)cc1CO. The van der Waals surface area contributed by atoms with E-state index in [0.717, 1.165) is 6.42 Å². The average molecular weight is 274 g/mol. The van der Waals surface area contributed by atoms with Crippen molar-refractivity contribution in [3.05, 3.63) is 18.0 Å². The molecule has 0 aromatic carbocycles. The second kappa shape index (κ2) is 6.36. The normalized spacial score (nSPS) is 12.3. The van der Waals surface area contributed by atoms with Gasteiger partial charge >= 0.3 is 0 Å². The van der Waals surface area contributed by atoms with Crippen LogP contribution in [-0.4, -0.2) is 24.6 Å². The van der Waals surface area contributed by atoms with Crippen LogP contribution >= 0.6 is 0 Å². The Balaban J connectivity index is 2.81. The molecule has 1 aromatic rings. The molecule has 0 unspecified atom stereocenters. The van der Waals surface area contributed by atoms with E-state index in [1.54, 1.807) is 10.8 Å². The first-order valence-corrected chi connectivity index (χ1v) is 7.68. The molecule has 0 saturated heterocycles. The molecule has 0 aliphatic carbocycles. The zero-order valence-corrected chi connectivity index (χ0v) is 12.0. The Morgan fingerprint density at radius 1 is 1.44 bits per heavy atom. The van der Waals surface area contributed by atoms with Gasteiger partial charge in [0.1, 0.15) is 0 Å². The minimum absolute atomic E-state index is 0.157. The van der Waals surface area contributed by atoms with E-state index >= 15 is 0 Å². The van der Waals surface area contributed by atoms with Crippen molar-refractivity contribution in [3.63, 3.8) is 0 Å². The molecule has 1 rings (SSSR count). The van der Waals surface area contributed by atoms with Gasteiger partial charge in [0, 0.05) is 25.0 Å². The van der Waals surface area contributed by atoms with Crippen molar-refractivity contribution in [2.45, 2.75) is 45.2 Å². The fourth-order valence-corrected chi connectivity index (χ4v) is 2.77. The Kier molecular flexibility index (Phi) is 5.37. The van der Waals surface area contributed by atoms with E-state index in [1.807, 2.05) is 20.8 Å². The Morgan fingerprint density at radius 3 is 2.56 bits per heavy atom. The lowest BCUT2D eigenvalue weighted by Gasteiger charge is -2.06. The maximum Gasteiger partial charge on any atom is 0.242 e. The summed E-state index contributed by atoms with van der Waals surface area (Å²) < 4.78 is 28.3. The number of hydrogen-bond acceptors (Lipinski definition) is 3. The van der Waals surface area contributed by atoms with E-state index < -0.39 is 10.0 Å². The van der Waals surface area contributed by atoms with Crippen LogP contribution in [0.1, 0.15) is 32.9 Å². The molecular formula is C12H22N2O3S. The minimum Gasteiger partial charge on any atom is -0.390 e. The summed E-state index contributed by atoms with van der Waals surface area (Å²) >= 11 is 0. The standard InChI is InChI=1S/C12H22N2O3S/c1-4-14-8-12(7-11(14)9-15)18(16,17)13-6-5-10(2)3/h7-8,10,13,15H,4-6,9H2,1-3H3. The summed E-state index contributed by atoms with van der Waals surface area (Å²) in [5, 5.41) is 9.14. The highest BCUT2D eigenvalue weighted by Crippen LogP contribution is 2.14. The second-order valence-electron chi connectivity index (χ2n) is 4.69. The smallest absolute Gasteiger partial charge is 0.242 e. The molecular weight excluding hydrogens is 252 g/mol. The quantitative estimate of drug-likeness (QED) is 0.788. The lowest BCUT2D eigenvalue weighted by Crippen LogP contribution is -2.25. The molecule has 1 aromatic heterocycles. The molecule has 0 atom stereocenters. The zero-order valence-electron chi connectivity index (χ0n) is 11.2. The molecule has 0 saturated carbocycles. The summed E-state index contributed by atoms with van der Waals surface area (Å²) in [7, 11) is -3.46. The van der Waals surface area contributed by atoms with Crippen molar-refractivity contribution in [2.24, 2.45) is 5.92 Å². The van der Waals surface area contributed by atoms with Crippen LogP contribution in [0.2, 0.25) is 0 Å². The Bertz CT molecular complexity index is 456. The van der Waals surface area contributed by atoms with Crippen molar-refractivity contribution in [2.75, 3.05) is 6.54 Å². The van der Waals surface area contributed by atoms with Crippen LogP contribution in [0.4, 0.5) is 0 Å². The van der Waals surface area contributed by atoms with Crippen molar-refractivity contribution in [3.8, 4) is 0 Å². The first-order valence-electron chi connectivity index (χ1n) is 6.20. The summed E-state index contributed by atoms with van der Waals surface area (Å²) in [6.45, 7) is 6.91. The number of aryl methyl sites for hydroxylation is 1. The first-order chi connectivity index (χ1) is 8.40. The Hall–Kier alpha value is -0.850.